The van der Waals surface area contributed by atoms with Gasteiger partial charge >= 0.3 is 90.2 Å². The summed E-state index contributed by atoms with van der Waals surface area (Å²) in [5.74, 6) is -0.683. The first-order valence-corrected chi connectivity index (χ1v) is 6.75. The van der Waals surface area contributed by atoms with E-state index in [1.807, 2.05) is 18.2 Å². The van der Waals surface area contributed by atoms with Gasteiger partial charge in [0.15, 0.2) is 0 Å². The van der Waals surface area contributed by atoms with Crippen molar-refractivity contribution in [3.8, 4) is 0 Å². The Hall–Kier alpha value is -0.791. The number of hydrogen-bond acceptors (Lipinski definition) is 1. The van der Waals surface area contributed by atoms with E-state index >= 15 is 0 Å². The first-order valence-electron chi connectivity index (χ1n) is 4.68. The Morgan fingerprint density at radius 1 is 1.21 bits per heavy atom. The normalized spacial score (nSPS) is 10.0. The third-order valence-corrected chi connectivity index (χ3v) is 4.10. The van der Waals surface area contributed by atoms with Crippen molar-refractivity contribution in [1.82, 2.24) is 0 Å². The minimum atomic E-state index is -0.683. The maximum absolute atomic E-state index is 10.2. The summed E-state index contributed by atoms with van der Waals surface area (Å²) in [6, 6.07) is 10.4. The number of benzene rings is 1. The van der Waals surface area contributed by atoms with E-state index in [1.165, 1.54) is 4.46 Å². The molecule has 0 fully saturated rings. The molecule has 2 nitrogen and oxygen atoms in total. The number of hydrogen-bond donors (Lipinski definition) is 1. The van der Waals surface area contributed by atoms with Crippen LogP contribution >= 0.6 is 0 Å². The Bertz CT molecular complexity index is 272. The predicted molar refractivity (Wildman–Crippen MR) is 58.1 cm³/mol. The summed E-state index contributed by atoms with van der Waals surface area (Å²) in [5.41, 5.74) is 0. The predicted octanol–water partition coefficient (Wildman–Crippen LogP) is 1.69. The van der Waals surface area contributed by atoms with Gasteiger partial charge in [0.25, 0.3) is 0 Å². The average Bonchev–Trinajstić information content (AvgIpc) is 2.18. The fourth-order valence-corrected chi connectivity index (χ4v) is 3.04. The van der Waals surface area contributed by atoms with E-state index in [0.29, 0.717) is 21.4 Å². The summed E-state index contributed by atoms with van der Waals surface area (Å²) in [6.45, 7) is 0. The Kier molecular flexibility index (Phi) is 5.35. The van der Waals surface area contributed by atoms with Crippen LogP contribution in [0.1, 0.15) is 19.3 Å². The van der Waals surface area contributed by atoms with Gasteiger partial charge in [0.1, 0.15) is 0 Å². The molecule has 0 spiro atoms. The summed E-state index contributed by atoms with van der Waals surface area (Å²) in [5, 5.41) is 9.58. The van der Waals surface area contributed by atoms with Gasteiger partial charge in [0.2, 0.25) is 0 Å². The second kappa shape index (κ2) is 6.63. The van der Waals surface area contributed by atoms with Crippen LogP contribution < -0.4 is 4.46 Å². The fraction of sp³-hybridized carbons (Fsp3) is 0.364. The van der Waals surface area contributed by atoms with Crippen molar-refractivity contribution in [3.05, 3.63) is 30.3 Å². The molecule has 0 amide bonds. The van der Waals surface area contributed by atoms with E-state index in [4.69, 9.17) is 5.11 Å². The third kappa shape index (κ3) is 5.05. The van der Waals surface area contributed by atoms with E-state index in [-0.39, 0.29) is 0 Å². The second-order valence-corrected chi connectivity index (χ2v) is 5.46. The second-order valence-electron chi connectivity index (χ2n) is 3.01. The molecule has 76 valence electrons. The van der Waals surface area contributed by atoms with Gasteiger partial charge in [-0.3, -0.25) is 0 Å². The number of carboxylic acid groups (broad SMARTS) is 1. The molecule has 0 radical (unpaired) electrons. The molecule has 0 aromatic heterocycles. The van der Waals surface area contributed by atoms with Crippen molar-refractivity contribution in [2.75, 3.05) is 0 Å². The molecule has 1 N–H and O–H groups in total. The quantitative estimate of drug-likeness (QED) is 0.622. The zero-order chi connectivity index (χ0) is 10.2. The maximum atomic E-state index is 10.2. The molecule has 0 aliphatic rings. The zero-order valence-electron chi connectivity index (χ0n) is 7.98. The van der Waals surface area contributed by atoms with Crippen molar-refractivity contribution in [2.24, 2.45) is 0 Å². The van der Waals surface area contributed by atoms with Crippen molar-refractivity contribution in [1.29, 1.82) is 0 Å². The minimum absolute atomic E-state index is 0.310. The molecule has 3 heteroatoms. The third-order valence-electron chi connectivity index (χ3n) is 1.80. The van der Waals surface area contributed by atoms with Gasteiger partial charge in [0.05, 0.1) is 0 Å². The first-order chi connectivity index (χ1) is 6.79. The molecule has 1 aromatic rings. The number of carboxylic acids is 1. The molecule has 0 saturated carbocycles. The molecule has 1 rings (SSSR count). The van der Waals surface area contributed by atoms with Crippen LogP contribution in [0.4, 0.5) is 0 Å². The van der Waals surface area contributed by atoms with Crippen LogP contribution in [0.15, 0.2) is 30.3 Å². The van der Waals surface area contributed by atoms with Gasteiger partial charge in [-0.2, -0.15) is 0 Å². The van der Waals surface area contributed by atoms with Crippen LogP contribution in [0.3, 0.4) is 0 Å². The van der Waals surface area contributed by atoms with Gasteiger partial charge in [-0.1, -0.05) is 0 Å². The van der Waals surface area contributed by atoms with Crippen molar-refractivity contribution < 1.29 is 9.90 Å². The fourth-order valence-electron chi connectivity index (χ4n) is 1.09. The molecule has 0 heterocycles. The number of rotatable bonds is 6. The van der Waals surface area contributed by atoms with Crippen LogP contribution in [0.2, 0.25) is 5.32 Å². The molecule has 0 atom stereocenters. The van der Waals surface area contributed by atoms with Gasteiger partial charge in [0, 0.05) is 0 Å². The monoisotopic (exact) mass is 258 g/mol. The first kappa shape index (κ1) is 11.3. The van der Waals surface area contributed by atoms with Crippen molar-refractivity contribution >= 4 is 25.4 Å². The van der Waals surface area contributed by atoms with Crippen LogP contribution in [0.25, 0.3) is 0 Å². The summed E-state index contributed by atoms with van der Waals surface area (Å²) < 4.78 is 1.40. The Balaban J connectivity index is 2.08. The van der Waals surface area contributed by atoms with E-state index in [1.54, 1.807) is 0 Å². The number of aliphatic carboxylic acids is 1. The summed E-state index contributed by atoms with van der Waals surface area (Å²) in [4.78, 5) is 10.2. The molecule has 0 aliphatic carbocycles. The topological polar surface area (TPSA) is 37.3 Å². The van der Waals surface area contributed by atoms with Crippen LogP contribution in [0, 0.1) is 0 Å². The Morgan fingerprint density at radius 2 is 1.93 bits per heavy atom. The average molecular weight is 257 g/mol. The van der Waals surface area contributed by atoms with E-state index in [0.717, 1.165) is 18.2 Å². The molecule has 0 saturated heterocycles. The molecular formula is C11H14O2Se. The molecule has 14 heavy (non-hydrogen) atoms. The van der Waals surface area contributed by atoms with Crippen LogP contribution in [0.5, 0.6) is 0 Å². The van der Waals surface area contributed by atoms with E-state index in [9.17, 15) is 4.79 Å². The summed E-state index contributed by atoms with van der Waals surface area (Å²) in [7, 11) is 0. The van der Waals surface area contributed by atoms with Crippen LogP contribution in [-0.2, 0) is 4.79 Å². The molecule has 1 aromatic carbocycles. The number of unbranched alkanes of at least 4 members (excludes halogenated alkanes) is 1. The number of carbonyl (C=O) groups is 1. The zero-order valence-corrected chi connectivity index (χ0v) is 9.69. The van der Waals surface area contributed by atoms with Crippen LogP contribution in [-0.4, -0.2) is 26.0 Å². The Morgan fingerprint density at radius 3 is 2.57 bits per heavy atom. The SMILES string of the molecule is O=C(O)CCCC[Se]c1ccccc1. The van der Waals surface area contributed by atoms with Gasteiger partial charge in [-0.15, -0.1) is 0 Å². The van der Waals surface area contributed by atoms with E-state index < -0.39 is 5.97 Å². The molecule has 0 aliphatic heterocycles. The molecular weight excluding hydrogens is 243 g/mol. The summed E-state index contributed by atoms with van der Waals surface area (Å²) >= 11 is 0.514. The molecule has 0 bridgehead atoms. The summed E-state index contributed by atoms with van der Waals surface area (Å²) in [6.07, 6.45) is 2.15. The van der Waals surface area contributed by atoms with E-state index in [2.05, 4.69) is 12.1 Å². The van der Waals surface area contributed by atoms with Crippen molar-refractivity contribution in [2.45, 2.75) is 24.6 Å². The Labute approximate surface area is 90.5 Å². The van der Waals surface area contributed by atoms with Gasteiger partial charge in [-0.25, -0.2) is 0 Å². The van der Waals surface area contributed by atoms with Gasteiger partial charge in [-0.05, 0) is 0 Å². The molecule has 0 unspecified atom stereocenters. The van der Waals surface area contributed by atoms with Gasteiger partial charge < -0.3 is 0 Å². The standard InChI is InChI=1S/C11H14O2Se/c12-11(13)8-4-5-9-14-10-6-2-1-3-7-10/h1-3,6-7H,4-5,8-9H2,(H,12,13). The van der Waals surface area contributed by atoms with Crippen molar-refractivity contribution in [3.63, 3.8) is 0 Å².